The van der Waals surface area contributed by atoms with Gasteiger partial charge in [0.05, 0.1) is 5.57 Å². The summed E-state index contributed by atoms with van der Waals surface area (Å²) >= 11 is 0. The minimum atomic E-state index is -1.85. The first-order valence-corrected chi connectivity index (χ1v) is 10.4. The Kier molecular flexibility index (Phi) is 4.27. The molecule has 0 radical (unpaired) electrons. The Bertz CT molecular complexity index is 1350. The fourth-order valence-corrected chi connectivity index (χ4v) is 5.28. The number of carbonyl (C=O) groups is 2. The molecule has 2 aliphatic heterocycles. The van der Waals surface area contributed by atoms with E-state index in [0.717, 1.165) is 0 Å². The average molecular weight is 446 g/mol. The van der Waals surface area contributed by atoms with Crippen LogP contribution in [-0.2, 0) is 15.0 Å². The van der Waals surface area contributed by atoms with Gasteiger partial charge in [-0.3, -0.25) is 14.5 Å². The molecular formula is C25H20F2N4O2. The van der Waals surface area contributed by atoms with E-state index < -0.39 is 28.4 Å². The van der Waals surface area contributed by atoms with Crippen molar-refractivity contribution in [1.82, 2.24) is 0 Å². The predicted molar refractivity (Wildman–Crippen MR) is 117 cm³/mol. The van der Waals surface area contributed by atoms with Crippen LogP contribution in [0.3, 0.4) is 0 Å². The number of halogens is 2. The molecule has 0 saturated heterocycles. The summed E-state index contributed by atoms with van der Waals surface area (Å²) in [5.74, 6) is -2.06. The lowest BCUT2D eigenvalue weighted by atomic mass is 9.60. The SMILES string of the molecule is CC1(C)CC(=O)C2=C(C1)N(c1ccc(F)cc1)C(N)=C(C#N)[C@@]21C(=O)Nc2ccc(F)cc21. The standard InChI is InChI=1S/C25H20F2N4O2/c1-24(2)10-19-21(20(32)11-24)25(16-9-14(27)5-8-18(16)30-23(25)33)17(12-28)22(29)31(19)15-6-3-13(26)4-7-15/h3-9H,10-11,29H2,1-2H3,(H,30,33)/t25-/m1/s1. The van der Waals surface area contributed by atoms with E-state index in [-0.39, 0.29) is 34.7 Å². The fourth-order valence-electron chi connectivity index (χ4n) is 5.28. The number of anilines is 2. The summed E-state index contributed by atoms with van der Waals surface area (Å²) in [6.07, 6.45) is 0.506. The zero-order chi connectivity index (χ0) is 23.7. The highest BCUT2D eigenvalue weighted by Crippen LogP contribution is 2.57. The highest BCUT2D eigenvalue weighted by Gasteiger charge is 2.61. The van der Waals surface area contributed by atoms with Crippen LogP contribution in [0.4, 0.5) is 20.2 Å². The van der Waals surface area contributed by atoms with Gasteiger partial charge in [-0.15, -0.1) is 0 Å². The molecule has 1 aliphatic carbocycles. The maximum atomic E-state index is 14.4. The van der Waals surface area contributed by atoms with Crippen LogP contribution in [0.1, 0.15) is 32.3 Å². The van der Waals surface area contributed by atoms with E-state index in [1.54, 1.807) is 4.90 Å². The minimum Gasteiger partial charge on any atom is -0.384 e. The third-order valence-electron chi connectivity index (χ3n) is 6.54. The molecule has 6 nitrogen and oxygen atoms in total. The lowest BCUT2D eigenvalue weighted by Crippen LogP contribution is -2.52. The van der Waals surface area contributed by atoms with Crippen LogP contribution in [0.5, 0.6) is 0 Å². The van der Waals surface area contributed by atoms with E-state index in [4.69, 9.17) is 5.73 Å². The van der Waals surface area contributed by atoms with Crippen molar-refractivity contribution in [3.8, 4) is 6.07 Å². The number of nitriles is 1. The molecule has 1 atom stereocenters. The first-order chi connectivity index (χ1) is 15.6. The number of Topliss-reactive ketones (excluding diaryl/α,β-unsaturated/α-hetero) is 1. The second-order valence-corrected chi connectivity index (χ2v) is 9.34. The van der Waals surface area contributed by atoms with Crippen LogP contribution in [0, 0.1) is 28.4 Å². The van der Waals surface area contributed by atoms with Crippen LogP contribution < -0.4 is 16.0 Å². The normalized spacial score (nSPS) is 23.4. The van der Waals surface area contributed by atoms with Gasteiger partial charge in [-0.05, 0) is 54.3 Å². The Morgan fingerprint density at radius 3 is 2.39 bits per heavy atom. The summed E-state index contributed by atoms with van der Waals surface area (Å²) in [6.45, 7) is 3.85. The smallest absolute Gasteiger partial charge is 0.245 e. The van der Waals surface area contributed by atoms with Crippen molar-refractivity contribution in [2.45, 2.75) is 32.1 Å². The van der Waals surface area contributed by atoms with Crippen molar-refractivity contribution in [2.24, 2.45) is 11.1 Å². The number of fused-ring (bicyclic) bond motifs is 3. The average Bonchev–Trinajstić information content (AvgIpc) is 3.00. The van der Waals surface area contributed by atoms with Crippen molar-refractivity contribution >= 4 is 23.1 Å². The molecule has 8 heteroatoms. The Morgan fingerprint density at radius 1 is 1.06 bits per heavy atom. The predicted octanol–water partition coefficient (Wildman–Crippen LogP) is 4.01. The summed E-state index contributed by atoms with van der Waals surface area (Å²) < 4.78 is 28.0. The van der Waals surface area contributed by atoms with Crippen LogP contribution in [0.15, 0.2) is 65.1 Å². The van der Waals surface area contributed by atoms with Gasteiger partial charge < -0.3 is 11.1 Å². The molecule has 3 N–H and O–H groups in total. The molecule has 0 saturated carbocycles. The van der Waals surface area contributed by atoms with Crippen molar-refractivity contribution in [3.63, 3.8) is 0 Å². The van der Waals surface area contributed by atoms with Gasteiger partial charge in [0.25, 0.3) is 0 Å². The number of nitrogens with two attached hydrogens (primary N) is 1. The molecule has 0 fully saturated rings. The molecule has 5 rings (SSSR count). The lowest BCUT2D eigenvalue weighted by Gasteiger charge is -2.46. The minimum absolute atomic E-state index is 0.0550. The number of hydrogen-bond donors (Lipinski definition) is 2. The molecule has 2 heterocycles. The fraction of sp³-hybridized carbons (Fsp3) is 0.240. The number of amides is 1. The molecule has 166 valence electrons. The molecule has 0 bridgehead atoms. The maximum Gasteiger partial charge on any atom is 0.245 e. The molecule has 1 spiro atoms. The first kappa shape index (κ1) is 20.9. The van der Waals surface area contributed by atoms with Gasteiger partial charge >= 0.3 is 0 Å². The van der Waals surface area contributed by atoms with Crippen LogP contribution >= 0.6 is 0 Å². The Morgan fingerprint density at radius 2 is 1.73 bits per heavy atom. The van der Waals surface area contributed by atoms with Gasteiger partial charge in [0.1, 0.15) is 28.9 Å². The van der Waals surface area contributed by atoms with Gasteiger partial charge in [0, 0.05) is 34.6 Å². The molecule has 1 amide bonds. The molecule has 2 aromatic carbocycles. The number of ketones is 1. The highest BCUT2D eigenvalue weighted by molar-refractivity contribution is 6.20. The summed E-state index contributed by atoms with van der Waals surface area (Å²) in [4.78, 5) is 28.8. The summed E-state index contributed by atoms with van der Waals surface area (Å²) in [7, 11) is 0. The quantitative estimate of drug-likeness (QED) is 0.690. The third-order valence-corrected chi connectivity index (χ3v) is 6.54. The monoisotopic (exact) mass is 446 g/mol. The van der Waals surface area contributed by atoms with Crippen LogP contribution in [-0.4, -0.2) is 11.7 Å². The molecule has 33 heavy (non-hydrogen) atoms. The zero-order valence-electron chi connectivity index (χ0n) is 18.0. The van der Waals surface area contributed by atoms with E-state index in [1.807, 2.05) is 19.9 Å². The number of carbonyl (C=O) groups excluding carboxylic acids is 2. The maximum absolute atomic E-state index is 14.4. The molecule has 0 aromatic heterocycles. The number of nitrogens with zero attached hydrogens (tertiary/aromatic N) is 2. The Balaban J connectivity index is 1.90. The topological polar surface area (TPSA) is 99.2 Å². The van der Waals surface area contributed by atoms with E-state index in [9.17, 15) is 23.6 Å². The Labute approximate surface area is 189 Å². The number of nitrogens with one attached hydrogen (secondary N) is 1. The van der Waals surface area contributed by atoms with Crippen LogP contribution in [0.2, 0.25) is 0 Å². The molecular weight excluding hydrogens is 426 g/mol. The third kappa shape index (κ3) is 2.75. The van der Waals surface area contributed by atoms with E-state index in [1.165, 1.54) is 42.5 Å². The van der Waals surface area contributed by atoms with E-state index >= 15 is 0 Å². The number of rotatable bonds is 1. The van der Waals surface area contributed by atoms with Crippen molar-refractivity contribution in [1.29, 1.82) is 5.26 Å². The number of hydrogen-bond acceptors (Lipinski definition) is 5. The summed E-state index contributed by atoms with van der Waals surface area (Å²) in [5, 5.41) is 12.9. The van der Waals surface area contributed by atoms with Crippen molar-refractivity contribution in [3.05, 3.63) is 82.3 Å². The molecule has 0 unspecified atom stereocenters. The van der Waals surface area contributed by atoms with Gasteiger partial charge in [-0.25, -0.2) is 8.78 Å². The number of allylic oxidation sites excluding steroid dienone is 1. The second-order valence-electron chi connectivity index (χ2n) is 9.34. The van der Waals surface area contributed by atoms with Crippen LogP contribution in [0.25, 0.3) is 0 Å². The van der Waals surface area contributed by atoms with Crippen molar-refractivity contribution < 1.29 is 18.4 Å². The van der Waals surface area contributed by atoms with Gasteiger partial charge in [0.2, 0.25) is 5.91 Å². The van der Waals surface area contributed by atoms with Gasteiger partial charge in [-0.1, -0.05) is 13.8 Å². The van der Waals surface area contributed by atoms with E-state index in [0.29, 0.717) is 23.5 Å². The molecule has 3 aliphatic rings. The number of benzene rings is 2. The highest BCUT2D eigenvalue weighted by atomic mass is 19.1. The largest absolute Gasteiger partial charge is 0.384 e. The van der Waals surface area contributed by atoms with Crippen molar-refractivity contribution in [2.75, 3.05) is 10.2 Å². The first-order valence-electron chi connectivity index (χ1n) is 10.4. The van der Waals surface area contributed by atoms with Gasteiger partial charge in [-0.2, -0.15) is 5.26 Å². The summed E-state index contributed by atoms with van der Waals surface area (Å²) in [5.41, 5.74) is 5.57. The van der Waals surface area contributed by atoms with E-state index in [2.05, 4.69) is 5.32 Å². The van der Waals surface area contributed by atoms with Gasteiger partial charge in [0.15, 0.2) is 5.78 Å². The summed E-state index contributed by atoms with van der Waals surface area (Å²) in [6, 6.07) is 11.3. The zero-order valence-corrected chi connectivity index (χ0v) is 18.0. The Hall–Kier alpha value is -3.99. The second kappa shape index (κ2) is 6.75. The lowest BCUT2D eigenvalue weighted by molar-refractivity contribution is -0.123. The molecule has 2 aromatic rings.